The monoisotopic (exact) mass is 241 g/mol. The SMILES string of the molecule is Cc1ccc2c(c1)CCCN2C(=O)c1cn[nH]c1. The fourth-order valence-electron chi connectivity index (χ4n) is 2.46. The van der Waals surface area contributed by atoms with E-state index in [0.717, 1.165) is 25.1 Å². The Balaban J connectivity index is 1.99. The zero-order chi connectivity index (χ0) is 12.5. The molecule has 0 unspecified atom stereocenters. The fraction of sp³-hybridized carbons (Fsp3) is 0.286. The summed E-state index contributed by atoms with van der Waals surface area (Å²) in [5, 5.41) is 6.52. The molecule has 0 radical (unpaired) electrons. The van der Waals surface area contributed by atoms with E-state index in [4.69, 9.17) is 0 Å². The van der Waals surface area contributed by atoms with Gasteiger partial charge in [0.15, 0.2) is 0 Å². The van der Waals surface area contributed by atoms with Gasteiger partial charge in [-0.05, 0) is 31.4 Å². The third-order valence-corrected chi connectivity index (χ3v) is 3.34. The van der Waals surface area contributed by atoms with E-state index in [1.165, 1.54) is 11.1 Å². The van der Waals surface area contributed by atoms with E-state index in [9.17, 15) is 4.79 Å². The quantitative estimate of drug-likeness (QED) is 0.833. The van der Waals surface area contributed by atoms with Crippen molar-refractivity contribution in [2.75, 3.05) is 11.4 Å². The Morgan fingerprint density at radius 1 is 1.44 bits per heavy atom. The van der Waals surface area contributed by atoms with Crippen molar-refractivity contribution >= 4 is 11.6 Å². The maximum Gasteiger partial charge on any atom is 0.261 e. The molecule has 1 aliphatic rings. The Morgan fingerprint density at radius 2 is 2.33 bits per heavy atom. The molecule has 4 nitrogen and oxygen atoms in total. The summed E-state index contributed by atoms with van der Waals surface area (Å²) in [7, 11) is 0. The van der Waals surface area contributed by atoms with Crippen molar-refractivity contribution in [1.82, 2.24) is 10.2 Å². The lowest BCUT2D eigenvalue weighted by atomic mass is 9.99. The Labute approximate surface area is 106 Å². The Kier molecular flexibility index (Phi) is 2.63. The first-order valence-electron chi connectivity index (χ1n) is 6.16. The first-order chi connectivity index (χ1) is 8.75. The van der Waals surface area contributed by atoms with Crippen molar-refractivity contribution in [2.24, 2.45) is 0 Å². The van der Waals surface area contributed by atoms with Crippen LogP contribution in [0.4, 0.5) is 5.69 Å². The molecule has 1 aromatic carbocycles. The van der Waals surface area contributed by atoms with E-state index >= 15 is 0 Å². The number of hydrogen-bond acceptors (Lipinski definition) is 2. The molecule has 92 valence electrons. The van der Waals surface area contributed by atoms with Gasteiger partial charge >= 0.3 is 0 Å². The van der Waals surface area contributed by atoms with Crippen molar-refractivity contribution in [2.45, 2.75) is 19.8 Å². The van der Waals surface area contributed by atoms with E-state index in [2.05, 4.69) is 29.3 Å². The van der Waals surface area contributed by atoms with Crippen LogP contribution in [0, 0.1) is 6.92 Å². The number of carbonyl (C=O) groups excluding carboxylic acids is 1. The molecule has 0 saturated carbocycles. The van der Waals surface area contributed by atoms with Crippen LogP contribution in [-0.4, -0.2) is 22.6 Å². The van der Waals surface area contributed by atoms with Crippen LogP contribution in [0.5, 0.6) is 0 Å². The number of anilines is 1. The van der Waals surface area contributed by atoms with Gasteiger partial charge in [0.2, 0.25) is 0 Å². The van der Waals surface area contributed by atoms with Crippen LogP contribution < -0.4 is 4.90 Å². The standard InChI is InChI=1S/C14H15N3O/c1-10-4-5-13-11(7-10)3-2-6-17(13)14(18)12-8-15-16-9-12/h4-5,7-9H,2-3,6H2,1H3,(H,15,16). The Hall–Kier alpha value is -2.10. The van der Waals surface area contributed by atoms with E-state index in [0.29, 0.717) is 5.56 Å². The van der Waals surface area contributed by atoms with Gasteiger partial charge < -0.3 is 4.90 Å². The number of nitrogens with one attached hydrogen (secondary N) is 1. The topological polar surface area (TPSA) is 49.0 Å². The zero-order valence-electron chi connectivity index (χ0n) is 10.3. The summed E-state index contributed by atoms with van der Waals surface area (Å²) in [6.45, 7) is 2.86. The number of nitrogens with zero attached hydrogens (tertiary/aromatic N) is 2. The number of aromatic nitrogens is 2. The molecular formula is C14H15N3O. The highest BCUT2D eigenvalue weighted by atomic mass is 16.2. The zero-order valence-corrected chi connectivity index (χ0v) is 10.3. The number of carbonyl (C=O) groups is 1. The Morgan fingerprint density at radius 3 is 3.11 bits per heavy atom. The van der Waals surface area contributed by atoms with Crippen molar-refractivity contribution in [3.05, 3.63) is 47.3 Å². The van der Waals surface area contributed by atoms with Crippen LogP contribution in [0.3, 0.4) is 0 Å². The second-order valence-electron chi connectivity index (χ2n) is 4.68. The van der Waals surface area contributed by atoms with E-state index in [1.807, 2.05) is 11.0 Å². The number of amides is 1. The molecule has 0 spiro atoms. The van der Waals surface area contributed by atoms with Crippen molar-refractivity contribution in [1.29, 1.82) is 0 Å². The summed E-state index contributed by atoms with van der Waals surface area (Å²) in [6.07, 6.45) is 5.28. The maximum atomic E-state index is 12.4. The smallest absolute Gasteiger partial charge is 0.261 e. The molecule has 2 aromatic rings. The van der Waals surface area contributed by atoms with Crippen LogP contribution in [-0.2, 0) is 6.42 Å². The van der Waals surface area contributed by atoms with Gasteiger partial charge in [-0.1, -0.05) is 17.7 Å². The van der Waals surface area contributed by atoms with Crippen molar-refractivity contribution < 1.29 is 4.79 Å². The number of benzene rings is 1. The van der Waals surface area contributed by atoms with Crippen LogP contribution in [0.25, 0.3) is 0 Å². The molecule has 2 heterocycles. The minimum atomic E-state index is 0.0218. The predicted molar refractivity (Wildman–Crippen MR) is 69.8 cm³/mol. The minimum absolute atomic E-state index is 0.0218. The molecule has 0 saturated heterocycles. The average Bonchev–Trinajstić information content (AvgIpc) is 2.90. The van der Waals surface area contributed by atoms with Gasteiger partial charge in [0.05, 0.1) is 11.8 Å². The van der Waals surface area contributed by atoms with Crippen LogP contribution in [0.1, 0.15) is 27.9 Å². The van der Waals surface area contributed by atoms with Gasteiger partial charge in [-0.15, -0.1) is 0 Å². The molecular weight excluding hydrogens is 226 g/mol. The molecule has 1 aliphatic heterocycles. The molecule has 0 fully saturated rings. The van der Waals surface area contributed by atoms with E-state index in [-0.39, 0.29) is 5.91 Å². The molecule has 1 amide bonds. The summed E-state index contributed by atoms with van der Waals surface area (Å²) in [5.41, 5.74) is 4.16. The third-order valence-electron chi connectivity index (χ3n) is 3.34. The summed E-state index contributed by atoms with van der Waals surface area (Å²) >= 11 is 0. The average molecular weight is 241 g/mol. The summed E-state index contributed by atoms with van der Waals surface area (Å²) in [4.78, 5) is 14.2. The second-order valence-corrected chi connectivity index (χ2v) is 4.68. The van der Waals surface area contributed by atoms with E-state index < -0.39 is 0 Å². The lowest BCUT2D eigenvalue weighted by Crippen LogP contribution is -2.35. The van der Waals surface area contributed by atoms with Gasteiger partial charge in [-0.2, -0.15) is 5.10 Å². The molecule has 1 aromatic heterocycles. The van der Waals surface area contributed by atoms with Crippen molar-refractivity contribution in [3.8, 4) is 0 Å². The molecule has 1 N–H and O–H groups in total. The molecule has 0 atom stereocenters. The van der Waals surface area contributed by atoms with Crippen LogP contribution in [0.15, 0.2) is 30.6 Å². The summed E-state index contributed by atoms with van der Waals surface area (Å²) in [6, 6.07) is 6.27. The fourth-order valence-corrected chi connectivity index (χ4v) is 2.46. The molecule has 4 heteroatoms. The summed E-state index contributed by atoms with van der Waals surface area (Å²) < 4.78 is 0. The number of fused-ring (bicyclic) bond motifs is 1. The van der Waals surface area contributed by atoms with Gasteiger partial charge in [-0.25, -0.2) is 0 Å². The van der Waals surface area contributed by atoms with Gasteiger partial charge in [-0.3, -0.25) is 9.89 Å². The largest absolute Gasteiger partial charge is 0.308 e. The summed E-state index contributed by atoms with van der Waals surface area (Å²) in [5.74, 6) is 0.0218. The molecule has 3 rings (SSSR count). The van der Waals surface area contributed by atoms with Gasteiger partial charge in [0, 0.05) is 18.4 Å². The van der Waals surface area contributed by atoms with E-state index in [1.54, 1.807) is 12.4 Å². The maximum absolute atomic E-state index is 12.4. The number of aromatic amines is 1. The highest BCUT2D eigenvalue weighted by molar-refractivity contribution is 6.06. The van der Waals surface area contributed by atoms with Gasteiger partial charge in [0.25, 0.3) is 5.91 Å². The number of H-pyrrole nitrogens is 1. The predicted octanol–water partition coefficient (Wildman–Crippen LogP) is 2.31. The third kappa shape index (κ3) is 1.79. The molecule has 18 heavy (non-hydrogen) atoms. The normalized spacial score (nSPS) is 14.4. The number of aryl methyl sites for hydroxylation is 2. The van der Waals surface area contributed by atoms with Gasteiger partial charge in [0.1, 0.15) is 0 Å². The lowest BCUT2D eigenvalue weighted by Gasteiger charge is -2.29. The van der Waals surface area contributed by atoms with Crippen molar-refractivity contribution in [3.63, 3.8) is 0 Å². The second kappa shape index (κ2) is 4.29. The number of rotatable bonds is 1. The molecule has 0 bridgehead atoms. The first kappa shape index (κ1) is 11.0. The number of hydrogen-bond donors (Lipinski definition) is 1. The Bertz CT molecular complexity index is 575. The highest BCUT2D eigenvalue weighted by Crippen LogP contribution is 2.29. The molecule has 0 aliphatic carbocycles. The van der Waals surface area contributed by atoms with Crippen LogP contribution >= 0.6 is 0 Å². The highest BCUT2D eigenvalue weighted by Gasteiger charge is 2.23. The van der Waals surface area contributed by atoms with Crippen LogP contribution in [0.2, 0.25) is 0 Å². The first-order valence-corrected chi connectivity index (χ1v) is 6.16. The minimum Gasteiger partial charge on any atom is -0.308 e. The lowest BCUT2D eigenvalue weighted by molar-refractivity contribution is 0.0985.